The molecule has 122 valence electrons. The number of ether oxygens (including phenoxy) is 1. The lowest BCUT2D eigenvalue weighted by molar-refractivity contribution is 0.176. The molecular formula is C19H25N3O. The molecule has 23 heavy (non-hydrogen) atoms. The van der Waals surface area contributed by atoms with E-state index in [0.717, 1.165) is 24.3 Å². The molecule has 0 bridgehead atoms. The summed E-state index contributed by atoms with van der Waals surface area (Å²) in [6.45, 7) is 4.26. The van der Waals surface area contributed by atoms with E-state index in [2.05, 4.69) is 42.9 Å². The summed E-state index contributed by atoms with van der Waals surface area (Å²) in [7, 11) is 0. The first-order valence-corrected chi connectivity index (χ1v) is 8.28. The zero-order valence-electron chi connectivity index (χ0n) is 13.8. The van der Waals surface area contributed by atoms with Gasteiger partial charge in [0.25, 0.3) is 0 Å². The van der Waals surface area contributed by atoms with E-state index in [1.807, 2.05) is 30.3 Å². The predicted octanol–water partition coefficient (Wildman–Crippen LogP) is 3.21. The molecule has 0 aromatic heterocycles. The Kier molecular flexibility index (Phi) is 4.84. The monoisotopic (exact) mass is 311 g/mol. The van der Waals surface area contributed by atoms with Crippen molar-refractivity contribution in [2.75, 3.05) is 5.73 Å². The number of nitrogens with two attached hydrogens (primary N) is 1. The molecule has 0 aliphatic carbocycles. The minimum Gasteiger partial charge on any atom is -0.489 e. The van der Waals surface area contributed by atoms with Crippen molar-refractivity contribution in [3.05, 3.63) is 59.7 Å². The highest BCUT2D eigenvalue weighted by Crippen LogP contribution is 2.26. The van der Waals surface area contributed by atoms with Crippen LogP contribution in [0, 0.1) is 0 Å². The van der Waals surface area contributed by atoms with Gasteiger partial charge in [0.05, 0.1) is 6.04 Å². The Hall–Kier alpha value is -2.04. The minimum atomic E-state index is 0.0843. The summed E-state index contributed by atoms with van der Waals surface area (Å²) in [4.78, 5) is 0. The SMILES string of the molecule is CCc1ccc(OC(C)C2CC(c3cccc(N)c3)NN2)cc1. The van der Waals surface area contributed by atoms with Crippen LogP contribution in [0.4, 0.5) is 5.69 Å². The molecular weight excluding hydrogens is 286 g/mol. The molecule has 0 spiro atoms. The molecule has 3 atom stereocenters. The van der Waals surface area contributed by atoms with Crippen molar-refractivity contribution in [3.63, 3.8) is 0 Å². The molecule has 3 rings (SSSR count). The normalized spacial score (nSPS) is 22.0. The third kappa shape index (κ3) is 3.84. The zero-order chi connectivity index (χ0) is 16.2. The topological polar surface area (TPSA) is 59.3 Å². The number of hydrazine groups is 1. The summed E-state index contributed by atoms with van der Waals surface area (Å²) in [5.41, 5.74) is 15.9. The lowest BCUT2D eigenvalue weighted by Gasteiger charge is -2.20. The second kappa shape index (κ2) is 7.02. The standard InChI is InChI=1S/C19H25N3O/c1-3-14-7-9-17(10-8-14)23-13(2)18-12-19(22-21-18)15-5-4-6-16(20)11-15/h4-11,13,18-19,21-22H,3,12,20H2,1-2H3. The second-order valence-electron chi connectivity index (χ2n) is 6.17. The second-order valence-corrected chi connectivity index (χ2v) is 6.17. The maximum Gasteiger partial charge on any atom is 0.119 e. The molecule has 1 aliphatic rings. The van der Waals surface area contributed by atoms with Crippen LogP contribution in [0.3, 0.4) is 0 Å². The van der Waals surface area contributed by atoms with Crippen molar-refractivity contribution in [2.24, 2.45) is 0 Å². The van der Waals surface area contributed by atoms with E-state index >= 15 is 0 Å². The van der Waals surface area contributed by atoms with E-state index < -0.39 is 0 Å². The summed E-state index contributed by atoms with van der Waals surface area (Å²) < 4.78 is 6.08. The summed E-state index contributed by atoms with van der Waals surface area (Å²) in [6.07, 6.45) is 2.10. The molecule has 2 aromatic rings. The van der Waals surface area contributed by atoms with Crippen LogP contribution in [0.1, 0.15) is 37.4 Å². The fourth-order valence-electron chi connectivity index (χ4n) is 2.98. The largest absolute Gasteiger partial charge is 0.489 e. The summed E-state index contributed by atoms with van der Waals surface area (Å²) in [5, 5.41) is 0. The highest BCUT2D eigenvalue weighted by molar-refractivity contribution is 5.42. The number of hydrogen-bond donors (Lipinski definition) is 3. The molecule has 3 unspecified atom stereocenters. The Morgan fingerprint density at radius 3 is 2.65 bits per heavy atom. The number of hydrogen-bond acceptors (Lipinski definition) is 4. The van der Waals surface area contributed by atoms with Crippen LogP contribution >= 0.6 is 0 Å². The number of benzene rings is 2. The van der Waals surface area contributed by atoms with E-state index in [1.54, 1.807) is 0 Å². The first-order chi connectivity index (χ1) is 11.2. The van der Waals surface area contributed by atoms with Gasteiger partial charge < -0.3 is 10.5 Å². The highest BCUT2D eigenvalue weighted by Gasteiger charge is 2.30. The molecule has 1 saturated heterocycles. The van der Waals surface area contributed by atoms with Gasteiger partial charge in [0, 0.05) is 11.7 Å². The average Bonchev–Trinajstić information content (AvgIpc) is 3.06. The van der Waals surface area contributed by atoms with Gasteiger partial charge >= 0.3 is 0 Å². The van der Waals surface area contributed by atoms with Gasteiger partial charge in [-0.3, -0.25) is 5.43 Å². The lowest BCUT2D eigenvalue weighted by Crippen LogP contribution is -2.40. The highest BCUT2D eigenvalue weighted by atomic mass is 16.5. The number of nitrogens with one attached hydrogen (secondary N) is 2. The van der Waals surface area contributed by atoms with Gasteiger partial charge in [-0.25, -0.2) is 5.43 Å². The van der Waals surface area contributed by atoms with Crippen LogP contribution in [0.2, 0.25) is 0 Å². The molecule has 0 saturated carbocycles. The summed E-state index contributed by atoms with van der Waals surface area (Å²) >= 11 is 0. The molecule has 0 radical (unpaired) electrons. The maximum atomic E-state index is 6.08. The molecule has 4 nitrogen and oxygen atoms in total. The quantitative estimate of drug-likeness (QED) is 0.742. The lowest BCUT2D eigenvalue weighted by atomic mass is 9.99. The van der Waals surface area contributed by atoms with Gasteiger partial charge in [0.1, 0.15) is 11.9 Å². The number of nitrogen functional groups attached to an aromatic ring is 1. The van der Waals surface area contributed by atoms with Crippen molar-refractivity contribution in [1.82, 2.24) is 10.9 Å². The van der Waals surface area contributed by atoms with Gasteiger partial charge in [-0.2, -0.15) is 0 Å². The summed E-state index contributed by atoms with van der Waals surface area (Å²) in [5.74, 6) is 0.920. The van der Waals surface area contributed by atoms with Crippen LogP contribution in [0.15, 0.2) is 48.5 Å². The first-order valence-electron chi connectivity index (χ1n) is 8.28. The van der Waals surface area contributed by atoms with Crippen molar-refractivity contribution >= 4 is 5.69 Å². The van der Waals surface area contributed by atoms with E-state index in [4.69, 9.17) is 10.5 Å². The van der Waals surface area contributed by atoms with Gasteiger partial charge in [0.2, 0.25) is 0 Å². The summed E-state index contributed by atoms with van der Waals surface area (Å²) in [6, 6.07) is 16.9. The van der Waals surface area contributed by atoms with Crippen LogP contribution in [0.25, 0.3) is 0 Å². The number of aryl methyl sites for hydroxylation is 1. The van der Waals surface area contributed by atoms with Crippen LogP contribution < -0.4 is 21.3 Å². The first kappa shape index (κ1) is 15.8. The van der Waals surface area contributed by atoms with Gasteiger partial charge in [-0.15, -0.1) is 0 Å². The Morgan fingerprint density at radius 1 is 1.17 bits per heavy atom. The fourth-order valence-corrected chi connectivity index (χ4v) is 2.98. The van der Waals surface area contributed by atoms with Crippen LogP contribution in [0.5, 0.6) is 5.75 Å². The number of anilines is 1. The number of rotatable bonds is 5. The van der Waals surface area contributed by atoms with E-state index in [9.17, 15) is 0 Å². The third-order valence-corrected chi connectivity index (χ3v) is 4.47. The molecule has 4 N–H and O–H groups in total. The Balaban J connectivity index is 1.59. The zero-order valence-corrected chi connectivity index (χ0v) is 13.8. The van der Waals surface area contributed by atoms with E-state index in [-0.39, 0.29) is 18.2 Å². The predicted molar refractivity (Wildman–Crippen MR) is 94.2 cm³/mol. The van der Waals surface area contributed by atoms with E-state index in [1.165, 1.54) is 11.1 Å². The van der Waals surface area contributed by atoms with Crippen LogP contribution in [-0.2, 0) is 6.42 Å². The minimum absolute atomic E-state index is 0.0843. The van der Waals surface area contributed by atoms with Gasteiger partial charge in [-0.1, -0.05) is 31.2 Å². The van der Waals surface area contributed by atoms with Crippen molar-refractivity contribution < 1.29 is 4.74 Å². The molecule has 0 amide bonds. The smallest absolute Gasteiger partial charge is 0.119 e. The van der Waals surface area contributed by atoms with Crippen molar-refractivity contribution in [2.45, 2.75) is 44.9 Å². The van der Waals surface area contributed by atoms with Crippen LogP contribution in [-0.4, -0.2) is 12.1 Å². The Bertz CT molecular complexity index is 641. The van der Waals surface area contributed by atoms with Gasteiger partial charge in [0.15, 0.2) is 0 Å². The van der Waals surface area contributed by atoms with Crippen molar-refractivity contribution in [3.8, 4) is 5.75 Å². The average molecular weight is 311 g/mol. The molecule has 1 fully saturated rings. The van der Waals surface area contributed by atoms with E-state index in [0.29, 0.717) is 0 Å². The van der Waals surface area contributed by atoms with Crippen molar-refractivity contribution in [1.29, 1.82) is 0 Å². The molecule has 4 heteroatoms. The fraction of sp³-hybridized carbons (Fsp3) is 0.368. The maximum absolute atomic E-state index is 6.08. The molecule has 1 heterocycles. The third-order valence-electron chi connectivity index (χ3n) is 4.47. The van der Waals surface area contributed by atoms with Gasteiger partial charge in [-0.05, 0) is 55.2 Å². The Morgan fingerprint density at radius 2 is 1.96 bits per heavy atom. The molecule has 2 aromatic carbocycles. The molecule has 1 aliphatic heterocycles. The Labute approximate surface area is 138 Å².